The van der Waals surface area contributed by atoms with E-state index in [9.17, 15) is 0 Å². The van der Waals surface area contributed by atoms with Crippen molar-refractivity contribution in [2.45, 2.75) is 13.0 Å². The van der Waals surface area contributed by atoms with Crippen LogP contribution in [0.25, 0.3) is 0 Å². The van der Waals surface area contributed by atoms with Crippen molar-refractivity contribution >= 4 is 0 Å². The first kappa shape index (κ1) is 7.90. The smallest absolute Gasteiger partial charge is 0.0220 e. The summed E-state index contributed by atoms with van der Waals surface area (Å²) in [5, 5.41) is 3.23. The van der Waals surface area contributed by atoms with Crippen LogP contribution in [-0.4, -0.2) is 11.5 Å². The average molecular weight is 148 g/mol. The third kappa shape index (κ3) is 2.92. The van der Waals surface area contributed by atoms with E-state index < -0.39 is 0 Å². The maximum Gasteiger partial charge on any atom is 0.0220 e. The zero-order valence-corrected chi connectivity index (χ0v) is 6.43. The third-order valence-electron chi connectivity index (χ3n) is 1.44. The molecule has 0 aromatic carbocycles. The van der Waals surface area contributed by atoms with Crippen molar-refractivity contribution in [2.24, 2.45) is 0 Å². The van der Waals surface area contributed by atoms with Gasteiger partial charge in [0.15, 0.2) is 0 Å². The molecular weight excluding hydrogens is 136 g/mol. The van der Waals surface area contributed by atoms with Crippen molar-refractivity contribution in [1.29, 1.82) is 0 Å². The van der Waals surface area contributed by atoms with Crippen molar-refractivity contribution in [3.63, 3.8) is 0 Å². The number of rotatable bonds is 4. The van der Waals surface area contributed by atoms with E-state index in [1.54, 1.807) is 0 Å². The molecule has 1 aromatic heterocycles. The van der Waals surface area contributed by atoms with Crippen LogP contribution in [0.1, 0.15) is 12.0 Å². The molecule has 1 rings (SSSR count). The summed E-state index contributed by atoms with van der Waals surface area (Å²) in [4.78, 5) is 2.99. The van der Waals surface area contributed by atoms with Gasteiger partial charge < -0.3 is 10.3 Å². The molecule has 0 aliphatic carbocycles. The van der Waals surface area contributed by atoms with Crippen LogP contribution in [0.4, 0.5) is 0 Å². The van der Waals surface area contributed by atoms with E-state index in [-0.39, 0.29) is 0 Å². The molecule has 1 heterocycles. The normalized spacial score (nSPS) is 9.36. The maximum atomic E-state index is 5.09. The van der Waals surface area contributed by atoms with Crippen molar-refractivity contribution in [3.8, 4) is 12.3 Å². The highest BCUT2D eigenvalue weighted by Crippen LogP contribution is 1.94. The van der Waals surface area contributed by atoms with Gasteiger partial charge in [0.05, 0.1) is 0 Å². The molecule has 2 N–H and O–H groups in total. The minimum atomic E-state index is 0.796. The molecule has 0 amide bonds. The first-order chi connectivity index (χ1) is 5.43. The summed E-state index contributed by atoms with van der Waals surface area (Å²) in [5.41, 5.74) is 1.27. The Kier molecular flexibility index (Phi) is 3.30. The second kappa shape index (κ2) is 4.59. The highest BCUT2D eigenvalue weighted by Gasteiger charge is 1.89. The molecule has 0 saturated heterocycles. The molecule has 1 aromatic rings. The Morgan fingerprint density at radius 1 is 1.64 bits per heavy atom. The molecule has 0 aliphatic heterocycles. The minimum absolute atomic E-state index is 0.796. The molecule has 0 spiro atoms. The third-order valence-corrected chi connectivity index (χ3v) is 1.44. The first-order valence-electron chi connectivity index (χ1n) is 3.69. The van der Waals surface area contributed by atoms with E-state index in [1.165, 1.54) is 5.56 Å². The molecule has 2 nitrogen and oxygen atoms in total. The Labute approximate surface area is 67.0 Å². The van der Waals surface area contributed by atoms with Gasteiger partial charge in [-0.25, -0.2) is 0 Å². The fourth-order valence-corrected chi connectivity index (χ4v) is 0.862. The SMILES string of the molecule is C#CCCNCc1cc[nH]c1. The second-order valence-electron chi connectivity index (χ2n) is 2.35. The van der Waals surface area contributed by atoms with Crippen molar-refractivity contribution in [2.75, 3.05) is 6.54 Å². The highest BCUT2D eigenvalue weighted by molar-refractivity contribution is 5.07. The predicted molar refractivity (Wildman–Crippen MR) is 45.9 cm³/mol. The Morgan fingerprint density at radius 3 is 3.18 bits per heavy atom. The van der Waals surface area contributed by atoms with E-state index in [0.29, 0.717) is 0 Å². The Bertz CT molecular complexity index is 218. The van der Waals surface area contributed by atoms with Crippen molar-refractivity contribution < 1.29 is 0 Å². The quantitative estimate of drug-likeness (QED) is 0.486. The number of aromatic nitrogens is 1. The average Bonchev–Trinajstić information content (AvgIpc) is 2.50. The van der Waals surface area contributed by atoms with E-state index >= 15 is 0 Å². The molecule has 0 atom stereocenters. The fraction of sp³-hybridized carbons (Fsp3) is 0.333. The molecule has 2 heteroatoms. The fourth-order valence-electron chi connectivity index (χ4n) is 0.862. The minimum Gasteiger partial charge on any atom is -0.367 e. The lowest BCUT2D eigenvalue weighted by Gasteiger charge is -1.97. The Morgan fingerprint density at radius 2 is 2.55 bits per heavy atom. The summed E-state index contributed by atoms with van der Waals surface area (Å²) in [5.74, 6) is 2.58. The monoisotopic (exact) mass is 148 g/mol. The lowest BCUT2D eigenvalue weighted by atomic mass is 10.3. The summed E-state index contributed by atoms with van der Waals surface area (Å²) in [7, 11) is 0. The van der Waals surface area contributed by atoms with Crippen LogP contribution in [0.2, 0.25) is 0 Å². The lowest BCUT2D eigenvalue weighted by molar-refractivity contribution is 0.702. The van der Waals surface area contributed by atoms with Crippen LogP contribution < -0.4 is 5.32 Å². The Balaban J connectivity index is 2.10. The van der Waals surface area contributed by atoms with E-state index in [4.69, 9.17) is 6.42 Å². The predicted octanol–water partition coefficient (Wildman–Crippen LogP) is 1.13. The molecule has 0 aliphatic rings. The van der Waals surface area contributed by atoms with Crippen LogP contribution in [0.5, 0.6) is 0 Å². The van der Waals surface area contributed by atoms with Gasteiger partial charge >= 0.3 is 0 Å². The molecule has 0 unspecified atom stereocenters. The van der Waals surface area contributed by atoms with E-state index in [2.05, 4.69) is 16.2 Å². The van der Waals surface area contributed by atoms with Gasteiger partial charge in [-0.2, -0.15) is 0 Å². The number of hydrogen-bond acceptors (Lipinski definition) is 1. The standard InChI is InChI=1S/C9H12N2/c1-2-3-5-10-7-9-4-6-11-8-9/h1,4,6,8,10-11H,3,5,7H2. The second-order valence-corrected chi connectivity index (χ2v) is 2.35. The zero-order valence-electron chi connectivity index (χ0n) is 6.43. The maximum absolute atomic E-state index is 5.09. The summed E-state index contributed by atoms with van der Waals surface area (Å²) >= 11 is 0. The van der Waals surface area contributed by atoms with Gasteiger partial charge in [0.25, 0.3) is 0 Å². The van der Waals surface area contributed by atoms with E-state index in [0.717, 1.165) is 19.5 Å². The van der Waals surface area contributed by atoms with Gasteiger partial charge in [-0.05, 0) is 11.6 Å². The van der Waals surface area contributed by atoms with Gasteiger partial charge in [-0.15, -0.1) is 12.3 Å². The van der Waals surface area contributed by atoms with Gasteiger partial charge in [-0.3, -0.25) is 0 Å². The number of terminal acetylenes is 1. The van der Waals surface area contributed by atoms with Crippen LogP contribution in [0.15, 0.2) is 18.5 Å². The van der Waals surface area contributed by atoms with Crippen molar-refractivity contribution in [3.05, 3.63) is 24.0 Å². The van der Waals surface area contributed by atoms with Crippen LogP contribution >= 0.6 is 0 Å². The topological polar surface area (TPSA) is 27.8 Å². The largest absolute Gasteiger partial charge is 0.367 e. The molecule has 58 valence electrons. The van der Waals surface area contributed by atoms with Gasteiger partial charge in [0, 0.05) is 31.9 Å². The molecule has 11 heavy (non-hydrogen) atoms. The number of hydrogen-bond donors (Lipinski definition) is 2. The molecule has 0 radical (unpaired) electrons. The summed E-state index contributed by atoms with van der Waals surface area (Å²) in [6, 6.07) is 2.04. The Hall–Kier alpha value is -1.20. The lowest BCUT2D eigenvalue weighted by Crippen LogP contribution is -2.13. The van der Waals surface area contributed by atoms with Crippen LogP contribution in [-0.2, 0) is 6.54 Å². The number of H-pyrrole nitrogens is 1. The summed E-state index contributed by atoms with van der Waals surface area (Å²) in [6.07, 6.45) is 9.78. The molecule has 0 saturated carbocycles. The van der Waals surface area contributed by atoms with Crippen LogP contribution in [0, 0.1) is 12.3 Å². The number of aromatic amines is 1. The molecule has 0 bridgehead atoms. The molecular formula is C9H12N2. The van der Waals surface area contributed by atoms with Gasteiger partial charge in [-0.1, -0.05) is 0 Å². The van der Waals surface area contributed by atoms with Gasteiger partial charge in [0.2, 0.25) is 0 Å². The number of nitrogens with one attached hydrogen (secondary N) is 2. The summed E-state index contributed by atoms with van der Waals surface area (Å²) < 4.78 is 0. The van der Waals surface area contributed by atoms with Crippen LogP contribution in [0.3, 0.4) is 0 Å². The first-order valence-corrected chi connectivity index (χ1v) is 3.69. The highest BCUT2D eigenvalue weighted by atomic mass is 14.8. The summed E-state index contributed by atoms with van der Waals surface area (Å²) in [6.45, 7) is 1.78. The van der Waals surface area contributed by atoms with E-state index in [1.807, 2.05) is 18.5 Å². The van der Waals surface area contributed by atoms with Gasteiger partial charge in [0.1, 0.15) is 0 Å². The van der Waals surface area contributed by atoms with Crippen molar-refractivity contribution in [1.82, 2.24) is 10.3 Å². The zero-order chi connectivity index (χ0) is 7.94. The molecule has 0 fully saturated rings.